The van der Waals surface area contributed by atoms with Crippen molar-refractivity contribution in [2.75, 3.05) is 0 Å². The first-order valence-corrected chi connectivity index (χ1v) is 10.0. The molecule has 0 spiro atoms. The minimum Gasteiger partial charge on any atom is -0.507 e. The third-order valence-corrected chi connectivity index (χ3v) is 6.15. The third kappa shape index (κ3) is 3.44. The fourth-order valence-corrected chi connectivity index (χ4v) is 4.91. The molecule has 4 heterocycles. The number of benzene rings is 1. The second-order valence-corrected chi connectivity index (χ2v) is 8.90. The fraction of sp³-hybridized carbons (Fsp3) is 0.348. The molecule has 5 rings (SSSR count). The second-order valence-electron chi connectivity index (χ2n) is 8.90. The van der Waals surface area contributed by atoms with E-state index in [1.54, 1.807) is 31.0 Å². The van der Waals surface area contributed by atoms with Crippen LogP contribution in [0.1, 0.15) is 45.2 Å². The lowest BCUT2D eigenvalue weighted by molar-refractivity contribution is 0.282. The number of phenols is 1. The first-order valence-electron chi connectivity index (χ1n) is 10.0. The van der Waals surface area contributed by atoms with Gasteiger partial charge in [0.1, 0.15) is 5.75 Å². The normalized spacial score (nSPS) is 27.4. The number of phenolic OH excluding ortho intramolecular Hbond substituents is 1. The van der Waals surface area contributed by atoms with E-state index in [2.05, 4.69) is 40.2 Å². The first kappa shape index (κ1) is 18.1. The number of nitrogens with one attached hydrogen (secondary N) is 1. The maximum atomic E-state index is 10.5. The van der Waals surface area contributed by atoms with Crippen LogP contribution in [0.3, 0.4) is 0 Å². The van der Waals surface area contributed by atoms with Crippen molar-refractivity contribution in [3.05, 3.63) is 60.6 Å². The van der Waals surface area contributed by atoms with Crippen LogP contribution in [0.4, 0.5) is 0 Å². The van der Waals surface area contributed by atoms with Crippen molar-refractivity contribution in [2.24, 2.45) is 0 Å². The Balaban J connectivity index is 1.38. The van der Waals surface area contributed by atoms with Gasteiger partial charge in [-0.2, -0.15) is 0 Å². The van der Waals surface area contributed by atoms with Crippen molar-refractivity contribution in [3.8, 4) is 22.7 Å². The molecule has 3 aromatic rings. The van der Waals surface area contributed by atoms with Crippen molar-refractivity contribution in [3.63, 3.8) is 0 Å². The van der Waals surface area contributed by atoms with Gasteiger partial charge < -0.3 is 15.0 Å². The average molecular weight is 387 g/mol. The minimum absolute atomic E-state index is 0.174. The highest BCUT2D eigenvalue weighted by molar-refractivity contribution is 5.68. The van der Waals surface area contributed by atoms with Crippen molar-refractivity contribution >= 4 is 6.08 Å². The molecular weight excluding hydrogens is 362 g/mol. The van der Waals surface area contributed by atoms with Crippen molar-refractivity contribution in [1.29, 1.82) is 0 Å². The molecule has 148 valence electrons. The molecule has 2 aliphatic rings. The SMILES string of the molecule is C[C@]12CC[C@](C)(CC(=Cc3cnc(-c4ccc(-n5ccnc5)cc4O)cn3)C1)N2. The molecule has 0 saturated carbocycles. The summed E-state index contributed by atoms with van der Waals surface area (Å²) in [5, 5.41) is 14.3. The van der Waals surface area contributed by atoms with Crippen LogP contribution in [0.2, 0.25) is 0 Å². The van der Waals surface area contributed by atoms with E-state index < -0.39 is 0 Å². The summed E-state index contributed by atoms with van der Waals surface area (Å²) in [5.41, 5.74) is 4.88. The smallest absolute Gasteiger partial charge is 0.127 e. The quantitative estimate of drug-likeness (QED) is 0.707. The third-order valence-electron chi connectivity index (χ3n) is 6.15. The molecule has 2 fully saturated rings. The Bertz CT molecular complexity index is 1050. The monoisotopic (exact) mass is 387 g/mol. The number of aromatic hydroxyl groups is 1. The highest BCUT2D eigenvalue weighted by Gasteiger charge is 2.46. The molecule has 1 aromatic carbocycles. The Morgan fingerprint density at radius 3 is 2.52 bits per heavy atom. The highest BCUT2D eigenvalue weighted by atomic mass is 16.3. The summed E-state index contributed by atoms with van der Waals surface area (Å²) in [7, 11) is 0. The molecule has 0 unspecified atom stereocenters. The number of rotatable bonds is 3. The summed E-state index contributed by atoms with van der Waals surface area (Å²) in [6, 6.07) is 5.50. The lowest BCUT2D eigenvalue weighted by atomic mass is 9.84. The Labute approximate surface area is 170 Å². The van der Waals surface area contributed by atoms with Gasteiger partial charge in [0.15, 0.2) is 0 Å². The van der Waals surface area contributed by atoms with E-state index in [0.29, 0.717) is 11.3 Å². The van der Waals surface area contributed by atoms with Crippen LogP contribution in [0, 0.1) is 0 Å². The van der Waals surface area contributed by atoms with E-state index in [-0.39, 0.29) is 16.8 Å². The molecule has 2 N–H and O–H groups in total. The Morgan fingerprint density at radius 1 is 1.10 bits per heavy atom. The van der Waals surface area contributed by atoms with Gasteiger partial charge in [0.25, 0.3) is 0 Å². The van der Waals surface area contributed by atoms with Crippen molar-refractivity contribution in [1.82, 2.24) is 24.8 Å². The zero-order valence-electron chi connectivity index (χ0n) is 16.8. The van der Waals surface area contributed by atoms with Crippen LogP contribution in [-0.2, 0) is 0 Å². The predicted molar refractivity (Wildman–Crippen MR) is 113 cm³/mol. The number of imidazole rings is 1. The molecule has 6 nitrogen and oxygen atoms in total. The van der Waals surface area contributed by atoms with Gasteiger partial charge in [-0.05, 0) is 57.7 Å². The van der Waals surface area contributed by atoms with Crippen molar-refractivity contribution in [2.45, 2.75) is 50.6 Å². The number of aromatic nitrogens is 4. The molecule has 0 aliphatic carbocycles. The van der Waals surface area contributed by atoms with Crippen LogP contribution in [0.25, 0.3) is 23.0 Å². The summed E-state index contributed by atoms with van der Waals surface area (Å²) in [6.45, 7) is 4.63. The maximum Gasteiger partial charge on any atom is 0.127 e. The Morgan fingerprint density at radius 2 is 1.90 bits per heavy atom. The van der Waals surface area contributed by atoms with E-state index in [0.717, 1.165) is 24.2 Å². The zero-order chi connectivity index (χ0) is 20.1. The molecular formula is C23H25N5O. The van der Waals surface area contributed by atoms with Gasteiger partial charge in [0.2, 0.25) is 0 Å². The lowest BCUT2D eigenvalue weighted by Crippen LogP contribution is -2.51. The number of piperidine rings is 1. The second kappa shape index (κ2) is 6.52. The van der Waals surface area contributed by atoms with E-state index in [9.17, 15) is 5.11 Å². The van der Waals surface area contributed by atoms with Crippen molar-refractivity contribution < 1.29 is 5.11 Å². The van der Waals surface area contributed by atoms with E-state index in [1.165, 1.54) is 18.4 Å². The van der Waals surface area contributed by atoms with Gasteiger partial charge in [-0.25, -0.2) is 4.98 Å². The van der Waals surface area contributed by atoms with Crippen LogP contribution >= 0.6 is 0 Å². The molecule has 0 amide bonds. The van der Waals surface area contributed by atoms with E-state index in [4.69, 9.17) is 0 Å². The van der Waals surface area contributed by atoms with Gasteiger partial charge in [0, 0.05) is 35.1 Å². The van der Waals surface area contributed by atoms with Gasteiger partial charge in [-0.15, -0.1) is 0 Å². The van der Waals surface area contributed by atoms with Crippen LogP contribution < -0.4 is 5.32 Å². The molecule has 2 bridgehead atoms. The largest absolute Gasteiger partial charge is 0.507 e. The summed E-state index contributed by atoms with van der Waals surface area (Å²) in [6.07, 6.45) is 15.5. The van der Waals surface area contributed by atoms with Crippen LogP contribution in [0.15, 0.2) is 54.9 Å². The number of fused-ring (bicyclic) bond motifs is 2. The molecule has 2 atom stereocenters. The van der Waals surface area contributed by atoms with Gasteiger partial charge in [-0.3, -0.25) is 9.97 Å². The van der Waals surface area contributed by atoms with E-state index >= 15 is 0 Å². The first-order chi connectivity index (χ1) is 13.9. The van der Waals surface area contributed by atoms with Gasteiger partial charge in [-0.1, -0.05) is 5.57 Å². The van der Waals surface area contributed by atoms with Crippen LogP contribution in [0.5, 0.6) is 5.75 Å². The topological polar surface area (TPSA) is 75.9 Å². The molecule has 6 heteroatoms. The van der Waals surface area contributed by atoms with Crippen LogP contribution in [-0.4, -0.2) is 35.7 Å². The minimum atomic E-state index is 0.174. The highest BCUT2D eigenvalue weighted by Crippen LogP contribution is 2.44. The molecule has 0 radical (unpaired) electrons. The Kier molecular flexibility index (Phi) is 4.06. The van der Waals surface area contributed by atoms with E-state index in [1.807, 2.05) is 22.9 Å². The molecule has 29 heavy (non-hydrogen) atoms. The molecule has 2 aromatic heterocycles. The zero-order valence-corrected chi connectivity index (χ0v) is 16.8. The Hall–Kier alpha value is -2.99. The molecule has 2 aliphatic heterocycles. The number of hydrogen-bond acceptors (Lipinski definition) is 5. The number of nitrogens with zero attached hydrogens (tertiary/aromatic N) is 4. The number of hydrogen-bond donors (Lipinski definition) is 2. The standard InChI is InChI=1S/C23H25N5O/c1-22-5-6-23(2,27-22)12-16(11-22)9-17-13-26-20(14-25-17)19-4-3-18(10-21(19)29)28-8-7-24-15-28/h3-4,7-10,13-15,27,29H,5-6,11-12H2,1-2H3/t22-,23+. The summed E-state index contributed by atoms with van der Waals surface area (Å²) >= 11 is 0. The summed E-state index contributed by atoms with van der Waals surface area (Å²) in [5.74, 6) is 0.174. The summed E-state index contributed by atoms with van der Waals surface area (Å²) in [4.78, 5) is 13.2. The fourth-order valence-electron chi connectivity index (χ4n) is 4.91. The maximum absolute atomic E-state index is 10.5. The summed E-state index contributed by atoms with van der Waals surface area (Å²) < 4.78 is 1.84. The van der Waals surface area contributed by atoms with Gasteiger partial charge >= 0.3 is 0 Å². The average Bonchev–Trinajstić information content (AvgIpc) is 3.28. The van der Waals surface area contributed by atoms with Gasteiger partial charge in [0.05, 0.1) is 35.8 Å². The lowest BCUT2D eigenvalue weighted by Gasteiger charge is -2.38. The molecule has 2 saturated heterocycles. The predicted octanol–water partition coefficient (Wildman–Crippen LogP) is 4.11.